The third-order valence-electron chi connectivity index (χ3n) is 6.54. The number of hydrogen-bond acceptors (Lipinski definition) is 4. The maximum Gasteiger partial charge on any atom is 0.199 e. The van der Waals surface area contributed by atoms with Gasteiger partial charge in [0.15, 0.2) is 5.82 Å². The number of fused-ring (bicyclic) bond motifs is 5. The number of nitrogens with zero attached hydrogens (tertiary/aromatic N) is 6. The molecule has 6 rings (SSSR count). The second kappa shape index (κ2) is 7.43. The topological polar surface area (TPSA) is 66.7 Å². The lowest BCUT2D eigenvalue weighted by Gasteiger charge is -2.25. The fourth-order valence-electron chi connectivity index (χ4n) is 4.87. The van der Waals surface area contributed by atoms with Crippen LogP contribution in [0.3, 0.4) is 0 Å². The van der Waals surface area contributed by atoms with Gasteiger partial charge in [-0.25, -0.2) is 9.48 Å². The second-order valence-corrected chi connectivity index (χ2v) is 8.56. The average Bonchev–Trinajstić information content (AvgIpc) is 2.98. The molecule has 0 saturated carbocycles. The highest BCUT2D eigenvalue weighted by atomic mass is 15.6. The van der Waals surface area contributed by atoms with Gasteiger partial charge in [-0.1, -0.05) is 12.1 Å². The van der Waals surface area contributed by atoms with Gasteiger partial charge in [-0.15, -0.1) is 5.10 Å². The number of hydrogen-bond donors (Lipinski definition) is 1. The number of aryl methyl sites for hydroxylation is 1. The number of nitrogens with one attached hydrogen (secondary N) is 1. The molecule has 32 heavy (non-hydrogen) atoms. The van der Waals surface area contributed by atoms with Crippen molar-refractivity contribution in [3.63, 3.8) is 0 Å². The van der Waals surface area contributed by atoms with Crippen molar-refractivity contribution in [3.8, 4) is 34.4 Å². The molecule has 0 amide bonds. The van der Waals surface area contributed by atoms with Crippen LogP contribution >= 0.6 is 0 Å². The summed E-state index contributed by atoms with van der Waals surface area (Å²) in [5.41, 5.74) is 7.81. The highest BCUT2D eigenvalue weighted by Gasteiger charge is 2.26. The Morgan fingerprint density at radius 3 is 2.69 bits per heavy atom. The Balaban J connectivity index is 1.42. The molecule has 1 N–H and O–H groups in total. The highest BCUT2D eigenvalue weighted by Crippen LogP contribution is 2.36. The van der Waals surface area contributed by atoms with Crippen LogP contribution in [-0.2, 0) is 13.6 Å². The van der Waals surface area contributed by atoms with Gasteiger partial charge in [0.25, 0.3) is 0 Å². The monoisotopic (exact) mass is 423 g/mol. The molecule has 0 aliphatic carbocycles. The lowest BCUT2D eigenvalue weighted by atomic mass is 10.1. The first-order valence-corrected chi connectivity index (χ1v) is 11.1. The Hall–Kier alpha value is -3.76. The first-order chi connectivity index (χ1) is 15.7. The Morgan fingerprint density at radius 2 is 1.88 bits per heavy atom. The van der Waals surface area contributed by atoms with Gasteiger partial charge in [0, 0.05) is 50.7 Å². The quantitative estimate of drug-likeness (QED) is 0.473. The first-order valence-electron chi connectivity index (χ1n) is 11.1. The summed E-state index contributed by atoms with van der Waals surface area (Å²) in [6.45, 7) is 5.03. The van der Waals surface area contributed by atoms with E-state index in [1.807, 2.05) is 36.1 Å². The predicted octanol–water partition coefficient (Wildman–Crippen LogP) is 3.38. The van der Waals surface area contributed by atoms with Crippen LogP contribution in [0.2, 0.25) is 0 Å². The predicted molar refractivity (Wildman–Crippen MR) is 125 cm³/mol. The van der Waals surface area contributed by atoms with Crippen LogP contribution in [-0.4, -0.2) is 45.3 Å². The molecular formula is C25H25N7. The zero-order valence-corrected chi connectivity index (χ0v) is 18.1. The minimum absolute atomic E-state index is 0.677. The van der Waals surface area contributed by atoms with Gasteiger partial charge >= 0.3 is 0 Å². The number of benzene rings is 2. The summed E-state index contributed by atoms with van der Waals surface area (Å²) in [4.78, 5) is 4.40. The van der Waals surface area contributed by atoms with Crippen LogP contribution in [0.15, 0.2) is 54.7 Å². The molecule has 2 aliphatic rings. The molecule has 2 aromatic heterocycles. The number of anilines is 1. The third-order valence-corrected chi connectivity index (χ3v) is 6.54. The van der Waals surface area contributed by atoms with Gasteiger partial charge in [-0.2, -0.15) is 5.26 Å². The molecule has 1 saturated heterocycles. The number of aromatic nitrogens is 4. The number of rotatable bonds is 2. The molecule has 7 heteroatoms. The van der Waals surface area contributed by atoms with Crippen molar-refractivity contribution in [1.82, 2.24) is 24.5 Å². The Kier molecular flexibility index (Phi) is 4.40. The van der Waals surface area contributed by atoms with E-state index in [2.05, 4.69) is 56.0 Å². The van der Waals surface area contributed by atoms with E-state index >= 15 is 0 Å². The van der Waals surface area contributed by atoms with Crippen LogP contribution in [0, 0.1) is 11.3 Å². The molecule has 0 unspecified atom stereocenters. The van der Waals surface area contributed by atoms with Crippen LogP contribution in [0.5, 0.6) is 0 Å². The summed E-state index contributed by atoms with van der Waals surface area (Å²) >= 11 is 0. The van der Waals surface area contributed by atoms with E-state index < -0.39 is 0 Å². The molecule has 4 aromatic rings. The molecule has 0 radical (unpaired) electrons. The van der Waals surface area contributed by atoms with Crippen LogP contribution < -0.4 is 10.2 Å². The van der Waals surface area contributed by atoms with Gasteiger partial charge in [0.1, 0.15) is 0 Å². The van der Waals surface area contributed by atoms with Crippen molar-refractivity contribution in [1.29, 1.82) is 5.26 Å². The van der Waals surface area contributed by atoms with Gasteiger partial charge in [0.2, 0.25) is 0 Å². The van der Waals surface area contributed by atoms with E-state index in [9.17, 15) is 0 Å². The van der Waals surface area contributed by atoms with Gasteiger partial charge in [-0.3, -0.25) is 0 Å². The summed E-state index contributed by atoms with van der Waals surface area (Å²) < 4.78 is 4.50. The Morgan fingerprint density at radius 1 is 1.00 bits per heavy atom. The zero-order valence-electron chi connectivity index (χ0n) is 18.1. The molecule has 0 atom stereocenters. The van der Waals surface area contributed by atoms with Crippen molar-refractivity contribution in [2.75, 3.05) is 31.1 Å². The summed E-state index contributed by atoms with van der Waals surface area (Å²) in [6, 6.07) is 19.0. The van der Waals surface area contributed by atoms with Crippen molar-refractivity contribution in [2.45, 2.75) is 13.0 Å². The van der Waals surface area contributed by atoms with E-state index in [1.165, 1.54) is 23.4 Å². The molecule has 0 bridgehead atoms. The summed E-state index contributed by atoms with van der Waals surface area (Å²) in [5.74, 6) is 0.970. The van der Waals surface area contributed by atoms with Crippen molar-refractivity contribution in [3.05, 3.63) is 65.9 Å². The van der Waals surface area contributed by atoms with E-state index in [0.717, 1.165) is 55.4 Å². The van der Waals surface area contributed by atoms with Crippen molar-refractivity contribution < 1.29 is 0 Å². The number of nitriles is 1. The summed E-state index contributed by atoms with van der Waals surface area (Å²) in [7, 11) is 1.99. The van der Waals surface area contributed by atoms with Gasteiger partial charge in [-0.05, 0) is 60.5 Å². The maximum absolute atomic E-state index is 9.10. The smallest absolute Gasteiger partial charge is 0.199 e. The molecule has 4 heterocycles. The molecular weight excluding hydrogens is 398 g/mol. The second-order valence-electron chi connectivity index (χ2n) is 8.56. The Labute approximate surface area is 187 Å². The summed E-state index contributed by atoms with van der Waals surface area (Å²) in [5, 5.41) is 17.3. The first kappa shape index (κ1) is 19.0. The zero-order chi connectivity index (χ0) is 21.7. The fraction of sp³-hybridized carbons (Fsp3) is 0.280. The minimum Gasteiger partial charge on any atom is -0.370 e. The van der Waals surface area contributed by atoms with Crippen LogP contribution in [0.1, 0.15) is 17.5 Å². The molecule has 7 nitrogen and oxygen atoms in total. The lowest BCUT2D eigenvalue weighted by molar-refractivity contribution is 0.477. The summed E-state index contributed by atoms with van der Waals surface area (Å²) in [6.07, 6.45) is 3.37. The SMILES string of the molecule is Cn1nc2n1-c1ccc(N3CCCNCC3)cc1Cn1cc(-c3ccc(C#N)cc3)cc1-2. The van der Waals surface area contributed by atoms with E-state index in [0.29, 0.717) is 5.56 Å². The molecule has 1 fully saturated rings. The normalized spacial score (nSPS) is 15.3. The van der Waals surface area contributed by atoms with Gasteiger partial charge < -0.3 is 14.8 Å². The van der Waals surface area contributed by atoms with Crippen molar-refractivity contribution >= 4 is 5.69 Å². The van der Waals surface area contributed by atoms with E-state index in [-0.39, 0.29) is 0 Å². The van der Waals surface area contributed by atoms with Gasteiger partial charge in [0.05, 0.1) is 23.0 Å². The minimum atomic E-state index is 0.677. The Bertz CT molecular complexity index is 1320. The van der Waals surface area contributed by atoms with E-state index in [1.54, 1.807) is 0 Å². The maximum atomic E-state index is 9.10. The largest absolute Gasteiger partial charge is 0.370 e. The molecule has 2 aliphatic heterocycles. The van der Waals surface area contributed by atoms with Crippen LogP contribution in [0.4, 0.5) is 5.69 Å². The van der Waals surface area contributed by atoms with Crippen LogP contribution in [0.25, 0.3) is 28.3 Å². The third kappa shape index (κ3) is 3.03. The van der Waals surface area contributed by atoms with Crippen molar-refractivity contribution in [2.24, 2.45) is 7.05 Å². The molecule has 0 spiro atoms. The highest BCUT2D eigenvalue weighted by molar-refractivity contribution is 5.72. The van der Waals surface area contributed by atoms with E-state index in [4.69, 9.17) is 10.4 Å². The molecule has 2 aromatic carbocycles. The molecule has 160 valence electrons. The standard InChI is InChI=1S/C25H25N7/c1-29-28-25-24-14-20(19-5-3-18(15-26)4-6-19)16-31(24)17-21-13-22(7-8-23(21)32(25)29)30-11-2-9-27-10-12-30/h3-8,13-14,16,27H,2,9-12,17H2,1H3. The lowest BCUT2D eigenvalue weighted by Crippen LogP contribution is -2.28. The fourth-order valence-corrected chi connectivity index (χ4v) is 4.87. The average molecular weight is 424 g/mol.